The summed E-state index contributed by atoms with van der Waals surface area (Å²) in [5, 5.41) is 20.7. The standard InChI is InChI=1S/C13H11N3O4S/c17-4-2-1-3-9-7-14-13(21-9)16-12(20)8-5-10(18)15-11(19)6-8/h5-7,17H,2,4H2,(H,14,16,20)(H2,15,18,19). The lowest BCUT2D eigenvalue weighted by Gasteiger charge is -2.01. The maximum atomic E-state index is 11.9. The maximum Gasteiger partial charge on any atom is 0.257 e. The van der Waals surface area contributed by atoms with Gasteiger partial charge >= 0.3 is 0 Å². The number of aliphatic hydroxyl groups is 1. The fourth-order valence-corrected chi connectivity index (χ4v) is 2.11. The van der Waals surface area contributed by atoms with Crippen molar-refractivity contribution in [3.63, 3.8) is 0 Å². The number of nitrogens with zero attached hydrogens (tertiary/aromatic N) is 1. The van der Waals surface area contributed by atoms with Crippen molar-refractivity contribution >= 4 is 22.4 Å². The third-order valence-corrected chi connectivity index (χ3v) is 3.10. The van der Waals surface area contributed by atoms with Crippen LogP contribution in [0.3, 0.4) is 0 Å². The van der Waals surface area contributed by atoms with Gasteiger partial charge in [0, 0.05) is 18.6 Å². The number of rotatable bonds is 3. The van der Waals surface area contributed by atoms with E-state index in [0.717, 1.165) is 12.1 Å². The lowest BCUT2D eigenvalue weighted by atomic mass is 10.2. The van der Waals surface area contributed by atoms with Gasteiger partial charge in [-0.1, -0.05) is 23.2 Å². The Balaban J connectivity index is 2.10. The Bertz CT molecular complexity index is 769. The van der Waals surface area contributed by atoms with Crippen LogP contribution in [0.4, 0.5) is 5.13 Å². The summed E-state index contributed by atoms with van der Waals surface area (Å²) < 4.78 is 0. The molecular formula is C13H11N3O4S. The van der Waals surface area contributed by atoms with E-state index in [-0.39, 0.29) is 18.1 Å². The minimum Gasteiger partial charge on any atom is -0.494 e. The molecule has 0 atom stereocenters. The molecule has 2 heterocycles. The first kappa shape index (κ1) is 14.8. The topological polar surface area (TPSA) is 115 Å². The molecule has 0 saturated carbocycles. The van der Waals surface area contributed by atoms with Gasteiger partial charge in [0.25, 0.3) is 11.5 Å². The summed E-state index contributed by atoms with van der Waals surface area (Å²) in [7, 11) is 0. The summed E-state index contributed by atoms with van der Waals surface area (Å²) in [6, 6.07) is 2.22. The van der Waals surface area contributed by atoms with Gasteiger partial charge in [0.1, 0.15) is 0 Å². The number of carbonyl (C=O) groups excluding carboxylic acids is 1. The Morgan fingerprint density at radius 3 is 3.00 bits per heavy atom. The normalized spacial score (nSPS) is 9.76. The Morgan fingerprint density at radius 2 is 2.29 bits per heavy atom. The quantitative estimate of drug-likeness (QED) is 0.617. The number of aromatic hydroxyl groups is 1. The number of hydrogen-bond donors (Lipinski definition) is 4. The van der Waals surface area contributed by atoms with Crippen LogP contribution < -0.4 is 10.9 Å². The predicted octanol–water partition coefficient (Wildman–Crippen LogP) is 0.523. The molecule has 0 fully saturated rings. The first-order valence-corrected chi connectivity index (χ1v) is 6.70. The maximum absolute atomic E-state index is 11.9. The van der Waals surface area contributed by atoms with E-state index in [1.165, 1.54) is 17.5 Å². The molecule has 1 amide bonds. The molecule has 108 valence electrons. The smallest absolute Gasteiger partial charge is 0.257 e. The van der Waals surface area contributed by atoms with E-state index in [9.17, 15) is 14.7 Å². The van der Waals surface area contributed by atoms with E-state index < -0.39 is 11.5 Å². The second kappa shape index (κ2) is 6.69. The van der Waals surface area contributed by atoms with Gasteiger partial charge in [-0.15, -0.1) is 0 Å². The van der Waals surface area contributed by atoms with Gasteiger partial charge in [-0.25, -0.2) is 4.98 Å². The molecule has 21 heavy (non-hydrogen) atoms. The number of thiazole rings is 1. The van der Waals surface area contributed by atoms with Crippen LogP contribution in [0.15, 0.2) is 23.1 Å². The molecule has 2 aromatic rings. The Kier molecular flexibility index (Phi) is 4.71. The zero-order chi connectivity index (χ0) is 15.2. The van der Waals surface area contributed by atoms with Crippen molar-refractivity contribution in [1.82, 2.24) is 9.97 Å². The Morgan fingerprint density at radius 1 is 1.48 bits per heavy atom. The van der Waals surface area contributed by atoms with Gasteiger partial charge < -0.3 is 10.2 Å². The molecule has 0 aliphatic carbocycles. The number of H-pyrrole nitrogens is 1. The first-order valence-electron chi connectivity index (χ1n) is 5.89. The van der Waals surface area contributed by atoms with E-state index in [4.69, 9.17) is 5.11 Å². The first-order chi connectivity index (χ1) is 10.1. The Labute approximate surface area is 123 Å². The van der Waals surface area contributed by atoms with Gasteiger partial charge in [0.05, 0.1) is 23.2 Å². The highest BCUT2D eigenvalue weighted by molar-refractivity contribution is 7.16. The molecule has 0 bridgehead atoms. The molecule has 0 aliphatic heterocycles. The van der Waals surface area contributed by atoms with Crippen molar-refractivity contribution in [2.24, 2.45) is 0 Å². The van der Waals surface area contributed by atoms with Gasteiger partial charge in [-0.3, -0.25) is 19.9 Å². The number of aromatic amines is 1. The molecule has 2 rings (SSSR count). The van der Waals surface area contributed by atoms with Gasteiger partial charge in [0.2, 0.25) is 0 Å². The summed E-state index contributed by atoms with van der Waals surface area (Å²) in [5.41, 5.74) is -0.547. The van der Waals surface area contributed by atoms with E-state index in [1.807, 2.05) is 0 Å². The van der Waals surface area contributed by atoms with Crippen molar-refractivity contribution < 1.29 is 15.0 Å². The van der Waals surface area contributed by atoms with Gasteiger partial charge in [0.15, 0.2) is 11.0 Å². The predicted molar refractivity (Wildman–Crippen MR) is 77.4 cm³/mol. The molecule has 4 N–H and O–H groups in total. The van der Waals surface area contributed by atoms with Crippen LogP contribution in [0, 0.1) is 11.8 Å². The number of aliphatic hydroxyl groups excluding tert-OH is 1. The van der Waals surface area contributed by atoms with Crippen LogP contribution in [-0.2, 0) is 0 Å². The largest absolute Gasteiger partial charge is 0.494 e. The molecule has 0 spiro atoms. The molecule has 8 heteroatoms. The summed E-state index contributed by atoms with van der Waals surface area (Å²) in [5.74, 6) is 4.60. The van der Waals surface area contributed by atoms with Crippen LogP contribution in [0.5, 0.6) is 5.88 Å². The molecular weight excluding hydrogens is 294 g/mol. The monoisotopic (exact) mass is 305 g/mol. The van der Waals surface area contributed by atoms with Crippen molar-refractivity contribution in [2.45, 2.75) is 6.42 Å². The van der Waals surface area contributed by atoms with Gasteiger partial charge in [-0.05, 0) is 0 Å². The number of anilines is 1. The molecule has 0 aromatic carbocycles. The molecule has 2 aromatic heterocycles. The summed E-state index contributed by atoms with van der Waals surface area (Å²) >= 11 is 1.17. The zero-order valence-electron chi connectivity index (χ0n) is 10.7. The molecule has 7 nitrogen and oxygen atoms in total. The highest BCUT2D eigenvalue weighted by Gasteiger charge is 2.10. The SMILES string of the molecule is O=C(Nc1ncc(C#CCCO)s1)c1cc(O)[nH]c(=O)c1. The number of hydrogen-bond acceptors (Lipinski definition) is 6. The second-order valence-corrected chi connectivity index (χ2v) is 4.91. The van der Waals surface area contributed by atoms with Crippen molar-refractivity contribution in [1.29, 1.82) is 0 Å². The third-order valence-electron chi connectivity index (χ3n) is 2.27. The second-order valence-electron chi connectivity index (χ2n) is 3.88. The molecule has 0 aliphatic rings. The number of nitrogens with one attached hydrogen (secondary N) is 2. The fraction of sp³-hybridized carbons (Fsp3) is 0.154. The average Bonchev–Trinajstić information content (AvgIpc) is 2.85. The fourth-order valence-electron chi connectivity index (χ4n) is 1.42. The van der Waals surface area contributed by atoms with Crippen LogP contribution in [0.1, 0.15) is 21.7 Å². The van der Waals surface area contributed by atoms with E-state index in [2.05, 4.69) is 27.1 Å². The summed E-state index contributed by atoms with van der Waals surface area (Å²) in [4.78, 5) is 29.8. The van der Waals surface area contributed by atoms with Crippen molar-refractivity contribution in [3.8, 4) is 17.7 Å². The number of pyridine rings is 1. The minimum absolute atomic E-state index is 0.0125. The number of carbonyl (C=O) groups is 1. The van der Waals surface area contributed by atoms with E-state index in [1.54, 1.807) is 0 Å². The highest BCUT2D eigenvalue weighted by atomic mass is 32.1. The lowest BCUT2D eigenvalue weighted by molar-refractivity contribution is 0.102. The van der Waals surface area contributed by atoms with Crippen molar-refractivity contribution in [3.05, 3.63) is 39.1 Å². The number of aromatic nitrogens is 2. The molecule has 0 unspecified atom stereocenters. The van der Waals surface area contributed by atoms with Crippen molar-refractivity contribution in [2.75, 3.05) is 11.9 Å². The van der Waals surface area contributed by atoms with E-state index >= 15 is 0 Å². The van der Waals surface area contributed by atoms with Crippen LogP contribution in [-0.4, -0.2) is 32.7 Å². The third kappa shape index (κ3) is 4.17. The average molecular weight is 305 g/mol. The van der Waals surface area contributed by atoms with Gasteiger partial charge in [-0.2, -0.15) is 0 Å². The molecule has 0 saturated heterocycles. The minimum atomic E-state index is -0.574. The zero-order valence-corrected chi connectivity index (χ0v) is 11.5. The van der Waals surface area contributed by atoms with Crippen LogP contribution in [0.25, 0.3) is 0 Å². The van der Waals surface area contributed by atoms with E-state index in [0.29, 0.717) is 16.4 Å². The Hall–Kier alpha value is -2.63. The highest BCUT2D eigenvalue weighted by Crippen LogP contribution is 2.18. The number of amides is 1. The lowest BCUT2D eigenvalue weighted by Crippen LogP contribution is -2.15. The summed E-state index contributed by atoms with van der Waals surface area (Å²) in [6.07, 6.45) is 1.87. The van der Waals surface area contributed by atoms with Crippen LogP contribution >= 0.6 is 11.3 Å². The molecule has 0 radical (unpaired) electrons. The summed E-state index contributed by atoms with van der Waals surface area (Å²) in [6.45, 7) is -0.0125. The van der Waals surface area contributed by atoms with Crippen LogP contribution in [0.2, 0.25) is 0 Å².